The van der Waals surface area contributed by atoms with Crippen LogP contribution in [-0.4, -0.2) is 17.7 Å². The van der Waals surface area contributed by atoms with Crippen LogP contribution in [0.25, 0.3) is 0 Å². The zero-order chi connectivity index (χ0) is 11.4. The number of nitrogens with one attached hydrogen (secondary N) is 1. The van der Waals surface area contributed by atoms with E-state index < -0.39 is 6.10 Å². The van der Waals surface area contributed by atoms with E-state index >= 15 is 0 Å². The monoisotopic (exact) mass is 223 g/mol. The zero-order valence-corrected chi connectivity index (χ0v) is 9.86. The number of rotatable bonds is 5. The Balaban J connectivity index is 1.74. The molecule has 0 aliphatic heterocycles. The summed E-state index contributed by atoms with van der Waals surface area (Å²) < 4.78 is 5.16. The van der Waals surface area contributed by atoms with Crippen LogP contribution in [0.4, 0.5) is 0 Å². The molecule has 2 N–H and O–H groups in total. The Morgan fingerprint density at radius 2 is 2.25 bits per heavy atom. The van der Waals surface area contributed by atoms with Gasteiger partial charge < -0.3 is 14.8 Å². The molecule has 1 heterocycles. The highest BCUT2D eigenvalue weighted by atomic mass is 16.4. The third kappa shape index (κ3) is 2.86. The maximum absolute atomic E-state index is 9.84. The van der Waals surface area contributed by atoms with Crippen molar-refractivity contribution in [1.29, 1.82) is 0 Å². The molecule has 1 aromatic rings. The van der Waals surface area contributed by atoms with Gasteiger partial charge in [-0.25, -0.2) is 0 Å². The smallest absolute Gasteiger partial charge is 0.133 e. The van der Waals surface area contributed by atoms with Gasteiger partial charge in [-0.2, -0.15) is 0 Å². The van der Waals surface area contributed by atoms with Crippen LogP contribution in [0.15, 0.2) is 22.8 Å². The first kappa shape index (κ1) is 11.7. The first-order valence-electron chi connectivity index (χ1n) is 6.22. The van der Waals surface area contributed by atoms with Crippen molar-refractivity contribution in [1.82, 2.24) is 5.32 Å². The SMILES string of the molecule is C[C@@H](NCC(O)c1ccco1)C1CCCC1. The molecule has 0 amide bonds. The standard InChI is InChI=1S/C13H21NO2/c1-10(11-5-2-3-6-11)14-9-12(15)13-7-4-8-16-13/h4,7-8,10-12,14-15H,2-3,5-6,9H2,1H3/t10-,12?/m1/s1. The molecule has 0 radical (unpaired) electrons. The van der Waals surface area contributed by atoms with Crippen molar-refractivity contribution in [2.45, 2.75) is 44.8 Å². The average Bonchev–Trinajstić information content (AvgIpc) is 2.95. The zero-order valence-electron chi connectivity index (χ0n) is 9.86. The van der Waals surface area contributed by atoms with Crippen LogP contribution in [0.1, 0.15) is 44.5 Å². The average molecular weight is 223 g/mol. The predicted molar refractivity (Wildman–Crippen MR) is 63.1 cm³/mol. The summed E-state index contributed by atoms with van der Waals surface area (Å²) in [7, 11) is 0. The number of aliphatic hydroxyl groups excluding tert-OH is 1. The molecule has 90 valence electrons. The van der Waals surface area contributed by atoms with Crippen molar-refractivity contribution in [2.75, 3.05) is 6.54 Å². The fraction of sp³-hybridized carbons (Fsp3) is 0.692. The number of aliphatic hydroxyl groups is 1. The van der Waals surface area contributed by atoms with Gasteiger partial charge in [0.25, 0.3) is 0 Å². The van der Waals surface area contributed by atoms with E-state index in [1.54, 1.807) is 12.3 Å². The number of furan rings is 1. The maximum atomic E-state index is 9.84. The maximum Gasteiger partial charge on any atom is 0.133 e. The molecule has 1 saturated carbocycles. The Labute approximate surface area is 96.8 Å². The summed E-state index contributed by atoms with van der Waals surface area (Å²) in [5.74, 6) is 1.43. The second-order valence-electron chi connectivity index (χ2n) is 4.77. The van der Waals surface area contributed by atoms with Gasteiger partial charge in [-0.05, 0) is 37.8 Å². The van der Waals surface area contributed by atoms with Gasteiger partial charge in [0.05, 0.1) is 6.26 Å². The topological polar surface area (TPSA) is 45.4 Å². The van der Waals surface area contributed by atoms with Gasteiger partial charge >= 0.3 is 0 Å². The van der Waals surface area contributed by atoms with Crippen LogP contribution in [0.5, 0.6) is 0 Å². The van der Waals surface area contributed by atoms with Crippen LogP contribution in [0, 0.1) is 5.92 Å². The fourth-order valence-corrected chi connectivity index (χ4v) is 2.50. The molecule has 0 bridgehead atoms. The molecule has 16 heavy (non-hydrogen) atoms. The summed E-state index contributed by atoms with van der Waals surface area (Å²) in [4.78, 5) is 0. The molecule has 0 spiro atoms. The Kier molecular flexibility index (Phi) is 4.02. The first-order chi connectivity index (χ1) is 7.77. The minimum Gasteiger partial charge on any atom is -0.467 e. The minimum atomic E-state index is -0.529. The molecular weight excluding hydrogens is 202 g/mol. The number of hydrogen-bond acceptors (Lipinski definition) is 3. The van der Waals surface area contributed by atoms with E-state index in [4.69, 9.17) is 4.42 Å². The van der Waals surface area contributed by atoms with Crippen LogP contribution >= 0.6 is 0 Å². The summed E-state index contributed by atoms with van der Waals surface area (Å²) in [6.45, 7) is 2.79. The lowest BCUT2D eigenvalue weighted by molar-refractivity contribution is 0.140. The first-order valence-corrected chi connectivity index (χ1v) is 6.22. The van der Waals surface area contributed by atoms with E-state index in [1.807, 2.05) is 6.07 Å². The van der Waals surface area contributed by atoms with E-state index in [1.165, 1.54) is 25.7 Å². The van der Waals surface area contributed by atoms with Crippen molar-refractivity contribution in [3.63, 3.8) is 0 Å². The molecule has 1 aliphatic rings. The third-order valence-electron chi connectivity index (χ3n) is 3.61. The highest BCUT2D eigenvalue weighted by Crippen LogP contribution is 2.27. The Hall–Kier alpha value is -0.800. The summed E-state index contributed by atoms with van der Waals surface area (Å²) in [5.41, 5.74) is 0. The second kappa shape index (κ2) is 5.51. The largest absolute Gasteiger partial charge is 0.467 e. The molecule has 1 unspecified atom stereocenters. The molecule has 2 rings (SSSR count). The van der Waals surface area contributed by atoms with Crippen molar-refractivity contribution in [3.05, 3.63) is 24.2 Å². The molecule has 0 aromatic carbocycles. The Morgan fingerprint density at radius 3 is 2.88 bits per heavy atom. The van der Waals surface area contributed by atoms with Gasteiger partial charge in [-0.1, -0.05) is 12.8 Å². The van der Waals surface area contributed by atoms with Gasteiger partial charge in [-0.15, -0.1) is 0 Å². The van der Waals surface area contributed by atoms with Crippen LogP contribution < -0.4 is 5.32 Å². The van der Waals surface area contributed by atoms with E-state index in [2.05, 4.69) is 12.2 Å². The Morgan fingerprint density at radius 1 is 1.50 bits per heavy atom. The highest BCUT2D eigenvalue weighted by molar-refractivity contribution is 5.02. The minimum absolute atomic E-state index is 0.493. The molecule has 1 fully saturated rings. The van der Waals surface area contributed by atoms with E-state index in [0.717, 1.165) is 5.92 Å². The fourth-order valence-electron chi connectivity index (χ4n) is 2.50. The van der Waals surface area contributed by atoms with Gasteiger partial charge in [-0.3, -0.25) is 0 Å². The van der Waals surface area contributed by atoms with Gasteiger partial charge in [0, 0.05) is 12.6 Å². The van der Waals surface area contributed by atoms with E-state index in [9.17, 15) is 5.11 Å². The molecule has 3 heteroatoms. The van der Waals surface area contributed by atoms with Gasteiger partial charge in [0.15, 0.2) is 0 Å². The summed E-state index contributed by atoms with van der Waals surface area (Å²) in [6.07, 6.45) is 6.43. The summed E-state index contributed by atoms with van der Waals surface area (Å²) in [5, 5.41) is 13.2. The quantitative estimate of drug-likeness (QED) is 0.806. The lowest BCUT2D eigenvalue weighted by atomic mass is 10.00. The second-order valence-corrected chi connectivity index (χ2v) is 4.77. The summed E-state index contributed by atoms with van der Waals surface area (Å²) in [6, 6.07) is 4.11. The van der Waals surface area contributed by atoms with Crippen molar-refractivity contribution >= 4 is 0 Å². The van der Waals surface area contributed by atoms with Gasteiger partial charge in [0.1, 0.15) is 11.9 Å². The van der Waals surface area contributed by atoms with E-state index in [-0.39, 0.29) is 0 Å². The van der Waals surface area contributed by atoms with Crippen LogP contribution in [-0.2, 0) is 0 Å². The van der Waals surface area contributed by atoms with Crippen molar-refractivity contribution in [3.8, 4) is 0 Å². The van der Waals surface area contributed by atoms with Crippen LogP contribution in [0.2, 0.25) is 0 Å². The van der Waals surface area contributed by atoms with Crippen molar-refractivity contribution in [2.24, 2.45) is 5.92 Å². The molecular formula is C13H21NO2. The van der Waals surface area contributed by atoms with E-state index in [0.29, 0.717) is 18.3 Å². The molecule has 2 atom stereocenters. The normalized spacial score (nSPS) is 21.1. The molecule has 1 aromatic heterocycles. The lowest BCUT2D eigenvalue weighted by Gasteiger charge is -2.21. The van der Waals surface area contributed by atoms with Gasteiger partial charge in [0.2, 0.25) is 0 Å². The molecule has 1 aliphatic carbocycles. The lowest BCUT2D eigenvalue weighted by Crippen LogP contribution is -2.35. The summed E-state index contributed by atoms with van der Waals surface area (Å²) >= 11 is 0. The molecule has 3 nitrogen and oxygen atoms in total. The van der Waals surface area contributed by atoms with Crippen molar-refractivity contribution < 1.29 is 9.52 Å². The molecule has 0 saturated heterocycles. The Bertz CT molecular complexity index is 291. The third-order valence-corrected chi connectivity index (χ3v) is 3.61. The predicted octanol–water partition coefficient (Wildman–Crippen LogP) is 2.48. The highest BCUT2D eigenvalue weighted by Gasteiger charge is 2.22. The number of hydrogen-bond donors (Lipinski definition) is 2. The van der Waals surface area contributed by atoms with Crippen LogP contribution in [0.3, 0.4) is 0 Å².